The fourth-order valence-corrected chi connectivity index (χ4v) is 2.48. The first kappa shape index (κ1) is 17.7. The quantitative estimate of drug-likeness (QED) is 0.846. The van der Waals surface area contributed by atoms with Crippen molar-refractivity contribution >= 4 is 5.91 Å². The van der Waals surface area contributed by atoms with E-state index in [0.717, 1.165) is 16.9 Å². The third kappa shape index (κ3) is 3.98. The van der Waals surface area contributed by atoms with E-state index in [4.69, 9.17) is 14.2 Å². The lowest BCUT2D eigenvalue weighted by Gasteiger charge is -2.13. The van der Waals surface area contributed by atoms with E-state index in [1.807, 2.05) is 32.0 Å². The molecular formula is C19H23NO4. The number of para-hydroxylation sites is 1. The van der Waals surface area contributed by atoms with Crippen LogP contribution in [-0.4, -0.2) is 26.7 Å². The summed E-state index contributed by atoms with van der Waals surface area (Å²) < 4.78 is 16.0. The smallest absolute Gasteiger partial charge is 0.255 e. The lowest BCUT2D eigenvalue weighted by molar-refractivity contribution is 0.0947. The van der Waals surface area contributed by atoms with Crippen LogP contribution in [0.1, 0.15) is 28.4 Å². The number of aryl methyl sites for hydroxylation is 1. The summed E-state index contributed by atoms with van der Waals surface area (Å²) in [6.07, 6.45) is 0. The Kier molecular flexibility index (Phi) is 6.07. The molecule has 1 amide bonds. The molecule has 0 aliphatic rings. The zero-order valence-corrected chi connectivity index (χ0v) is 14.5. The standard InChI is InChI=1S/C19H23NO4/c1-5-24-16-10-9-14(11-13(16)2)12-20-19(21)15-7-6-8-17(22-3)18(15)23-4/h6-11H,5,12H2,1-4H3,(H,20,21). The number of amides is 1. The monoisotopic (exact) mass is 329 g/mol. The first-order chi connectivity index (χ1) is 11.6. The number of benzene rings is 2. The predicted octanol–water partition coefficient (Wildman–Crippen LogP) is 3.34. The molecule has 5 heteroatoms. The Morgan fingerprint density at radius 1 is 1.08 bits per heavy atom. The van der Waals surface area contributed by atoms with Crippen LogP contribution in [0, 0.1) is 6.92 Å². The van der Waals surface area contributed by atoms with Crippen molar-refractivity contribution in [3.8, 4) is 17.2 Å². The van der Waals surface area contributed by atoms with Crippen LogP contribution in [0.2, 0.25) is 0 Å². The van der Waals surface area contributed by atoms with Gasteiger partial charge in [-0.2, -0.15) is 0 Å². The van der Waals surface area contributed by atoms with Gasteiger partial charge in [0.05, 0.1) is 26.4 Å². The maximum absolute atomic E-state index is 12.4. The molecule has 0 saturated carbocycles. The second-order valence-corrected chi connectivity index (χ2v) is 5.26. The predicted molar refractivity (Wildman–Crippen MR) is 93.1 cm³/mol. The van der Waals surface area contributed by atoms with Crippen LogP contribution in [0.25, 0.3) is 0 Å². The highest BCUT2D eigenvalue weighted by molar-refractivity contribution is 5.97. The summed E-state index contributed by atoms with van der Waals surface area (Å²) in [7, 11) is 3.06. The van der Waals surface area contributed by atoms with Gasteiger partial charge in [-0.15, -0.1) is 0 Å². The maximum Gasteiger partial charge on any atom is 0.255 e. The molecule has 0 fully saturated rings. The summed E-state index contributed by atoms with van der Waals surface area (Å²) in [5, 5.41) is 2.90. The Labute approximate surface area is 142 Å². The van der Waals surface area contributed by atoms with Gasteiger partial charge >= 0.3 is 0 Å². The largest absolute Gasteiger partial charge is 0.494 e. The van der Waals surface area contributed by atoms with Crippen molar-refractivity contribution in [2.24, 2.45) is 0 Å². The Bertz CT molecular complexity index is 713. The zero-order valence-electron chi connectivity index (χ0n) is 14.5. The minimum Gasteiger partial charge on any atom is -0.494 e. The fourth-order valence-electron chi connectivity index (χ4n) is 2.48. The van der Waals surface area contributed by atoms with Crippen molar-refractivity contribution in [2.75, 3.05) is 20.8 Å². The highest BCUT2D eigenvalue weighted by Gasteiger charge is 2.16. The van der Waals surface area contributed by atoms with Crippen LogP contribution in [-0.2, 0) is 6.54 Å². The molecule has 1 N–H and O–H groups in total. The minimum absolute atomic E-state index is 0.211. The first-order valence-electron chi connectivity index (χ1n) is 7.82. The number of carbonyl (C=O) groups is 1. The molecule has 2 aromatic carbocycles. The molecule has 0 bridgehead atoms. The molecule has 0 spiro atoms. The van der Waals surface area contributed by atoms with Crippen LogP contribution in [0.15, 0.2) is 36.4 Å². The second kappa shape index (κ2) is 8.24. The molecule has 2 aromatic rings. The van der Waals surface area contributed by atoms with E-state index in [1.54, 1.807) is 25.3 Å². The van der Waals surface area contributed by atoms with Gasteiger partial charge in [-0.1, -0.05) is 18.2 Å². The Morgan fingerprint density at radius 3 is 2.50 bits per heavy atom. The summed E-state index contributed by atoms with van der Waals surface area (Å²) in [5.41, 5.74) is 2.49. The van der Waals surface area contributed by atoms with Crippen LogP contribution < -0.4 is 19.5 Å². The molecule has 0 aliphatic carbocycles. The molecule has 0 heterocycles. The van der Waals surface area contributed by atoms with E-state index >= 15 is 0 Å². The second-order valence-electron chi connectivity index (χ2n) is 5.26. The molecule has 0 atom stereocenters. The van der Waals surface area contributed by atoms with Gasteiger partial charge in [-0.05, 0) is 43.2 Å². The number of hydrogen-bond donors (Lipinski definition) is 1. The van der Waals surface area contributed by atoms with Crippen LogP contribution in [0.3, 0.4) is 0 Å². The molecule has 5 nitrogen and oxygen atoms in total. The molecular weight excluding hydrogens is 306 g/mol. The van der Waals surface area contributed by atoms with Crippen molar-refractivity contribution in [3.05, 3.63) is 53.1 Å². The zero-order chi connectivity index (χ0) is 17.5. The Balaban J connectivity index is 2.10. The number of methoxy groups -OCH3 is 2. The van der Waals surface area contributed by atoms with Gasteiger partial charge < -0.3 is 19.5 Å². The highest BCUT2D eigenvalue weighted by atomic mass is 16.5. The third-order valence-corrected chi connectivity index (χ3v) is 3.64. The summed E-state index contributed by atoms with van der Waals surface area (Å²) in [6, 6.07) is 11.1. The molecule has 0 saturated heterocycles. The Hall–Kier alpha value is -2.69. The van der Waals surface area contributed by atoms with Gasteiger partial charge in [0.1, 0.15) is 5.75 Å². The van der Waals surface area contributed by atoms with Crippen LogP contribution in [0.4, 0.5) is 0 Å². The van der Waals surface area contributed by atoms with E-state index in [-0.39, 0.29) is 5.91 Å². The number of rotatable bonds is 7. The summed E-state index contributed by atoms with van der Waals surface area (Å²) in [5.74, 6) is 1.61. The minimum atomic E-state index is -0.211. The van der Waals surface area contributed by atoms with E-state index in [1.165, 1.54) is 7.11 Å². The van der Waals surface area contributed by atoms with E-state index in [0.29, 0.717) is 30.2 Å². The number of carbonyl (C=O) groups excluding carboxylic acids is 1. The molecule has 0 radical (unpaired) electrons. The van der Waals surface area contributed by atoms with Crippen molar-refractivity contribution in [1.82, 2.24) is 5.32 Å². The van der Waals surface area contributed by atoms with Gasteiger partial charge in [0.25, 0.3) is 5.91 Å². The molecule has 24 heavy (non-hydrogen) atoms. The van der Waals surface area contributed by atoms with E-state index in [2.05, 4.69) is 5.32 Å². The van der Waals surface area contributed by atoms with Gasteiger partial charge in [0.2, 0.25) is 0 Å². The highest BCUT2D eigenvalue weighted by Crippen LogP contribution is 2.30. The molecule has 0 aromatic heterocycles. The summed E-state index contributed by atoms with van der Waals surface area (Å²) in [6.45, 7) is 5.00. The normalized spacial score (nSPS) is 10.2. The van der Waals surface area contributed by atoms with Crippen molar-refractivity contribution in [2.45, 2.75) is 20.4 Å². The number of hydrogen-bond acceptors (Lipinski definition) is 4. The number of nitrogens with one attached hydrogen (secondary N) is 1. The first-order valence-corrected chi connectivity index (χ1v) is 7.82. The maximum atomic E-state index is 12.4. The average molecular weight is 329 g/mol. The van der Waals surface area contributed by atoms with Crippen LogP contribution in [0.5, 0.6) is 17.2 Å². The van der Waals surface area contributed by atoms with Gasteiger partial charge in [-0.25, -0.2) is 0 Å². The van der Waals surface area contributed by atoms with Gasteiger partial charge in [0.15, 0.2) is 11.5 Å². The average Bonchev–Trinajstić information content (AvgIpc) is 2.61. The van der Waals surface area contributed by atoms with Crippen LogP contribution >= 0.6 is 0 Å². The summed E-state index contributed by atoms with van der Waals surface area (Å²) >= 11 is 0. The topological polar surface area (TPSA) is 56.8 Å². The molecule has 0 aliphatic heterocycles. The van der Waals surface area contributed by atoms with Gasteiger partial charge in [-0.3, -0.25) is 4.79 Å². The molecule has 2 rings (SSSR count). The third-order valence-electron chi connectivity index (χ3n) is 3.64. The molecule has 0 unspecified atom stereocenters. The van der Waals surface area contributed by atoms with Gasteiger partial charge in [0, 0.05) is 6.54 Å². The van der Waals surface area contributed by atoms with E-state index in [9.17, 15) is 4.79 Å². The van der Waals surface area contributed by atoms with Crippen molar-refractivity contribution in [3.63, 3.8) is 0 Å². The molecule has 128 valence electrons. The van der Waals surface area contributed by atoms with E-state index < -0.39 is 0 Å². The fraction of sp³-hybridized carbons (Fsp3) is 0.316. The van der Waals surface area contributed by atoms with Crippen molar-refractivity contribution < 1.29 is 19.0 Å². The van der Waals surface area contributed by atoms with Crippen molar-refractivity contribution in [1.29, 1.82) is 0 Å². The SMILES string of the molecule is CCOc1ccc(CNC(=O)c2cccc(OC)c2OC)cc1C. The summed E-state index contributed by atoms with van der Waals surface area (Å²) in [4.78, 5) is 12.4. The number of ether oxygens (including phenoxy) is 3. The lowest BCUT2D eigenvalue weighted by Crippen LogP contribution is -2.23. The lowest BCUT2D eigenvalue weighted by atomic mass is 10.1. The Morgan fingerprint density at radius 2 is 1.88 bits per heavy atom.